The van der Waals surface area contributed by atoms with Gasteiger partial charge in [-0.2, -0.15) is 0 Å². The lowest BCUT2D eigenvalue weighted by molar-refractivity contribution is -0.936. The Morgan fingerprint density at radius 2 is 2.00 bits per heavy atom. The lowest BCUT2D eigenvalue weighted by Gasteiger charge is -2.28. The Kier molecular flexibility index (Phi) is 4.14. The molecule has 24 heavy (non-hydrogen) atoms. The number of thiophene rings is 1. The second-order valence-electron chi connectivity index (χ2n) is 6.80. The Balaban J connectivity index is 1.65. The van der Waals surface area contributed by atoms with Crippen LogP contribution >= 0.6 is 27.3 Å². The zero-order valence-electron chi connectivity index (χ0n) is 13.8. The molecule has 1 aromatic carbocycles. The Hall–Kier alpha value is -1.37. The highest BCUT2D eigenvalue weighted by atomic mass is 79.9. The smallest absolute Gasteiger partial charge is 0.256 e. The topological polar surface area (TPSA) is 45.6 Å². The van der Waals surface area contributed by atoms with E-state index in [1.54, 1.807) is 16.2 Å². The molecule has 2 aliphatic heterocycles. The van der Waals surface area contributed by atoms with E-state index in [4.69, 9.17) is 0 Å². The summed E-state index contributed by atoms with van der Waals surface area (Å²) >= 11 is 5.22. The molecule has 2 aliphatic rings. The molecule has 1 aromatic heterocycles. The number of nitrogens with one attached hydrogen (secondary N) is 3. The van der Waals surface area contributed by atoms with Crippen molar-refractivity contribution in [1.82, 2.24) is 5.32 Å². The Morgan fingerprint density at radius 1 is 1.25 bits per heavy atom. The summed E-state index contributed by atoms with van der Waals surface area (Å²) in [6.07, 6.45) is 0.832. The maximum absolute atomic E-state index is 12.7. The van der Waals surface area contributed by atoms with Crippen LogP contribution < -0.4 is 15.5 Å². The monoisotopic (exact) mass is 406 g/mol. The van der Waals surface area contributed by atoms with E-state index in [2.05, 4.69) is 40.4 Å². The van der Waals surface area contributed by atoms with Crippen LogP contribution in [0.2, 0.25) is 0 Å². The highest BCUT2D eigenvalue weighted by molar-refractivity contribution is 9.10. The third-order valence-electron chi connectivity index (χ3n) is 4.97. The number of quaternary nitrogens is 1. The number of rotatable bonds is 2. The molecule has 2 aromatic rings. The number of halogens is 1. The van der Waals surface area contributed by atoms with E-state index in [-0.39, 0.29) is 12.1 Å². The first-order valence-electron chi connectivity index (χ1n) is 8.35. The molecule has 0 aliphatic carbocycles. The predicted molar refractivity (Wildman–Crippen MR) is 101 cm³/mol. The summed E-state index contributed by atoms with van der Waals surface area (Å²) in [6, 6.07) is 8.69. The SMILES string of the molecule is CC(C)[NH+]1CCc2c(sc3c2C(=O)N[C@@H](c2ccc(Br)cc2)N3)C1. The summed E-state index contributed by atoms with van der Waals surface area (Å²) in [4.78, 5) is 15.7. The highest BCUT2D eigenvalue weighted by Gasteiger charge is 2.34. The van der Waals surface area contributed by atoms with E-state index in [1.807, 2.05) is 24.3 Å². The summed E-state index contributed by atoms with van der Waals surface area (Å²) in [6.45, 7) is 6.67. The Morgan fingerprint density at radius 3 is 2.71 bits per heavy atom. The van der Waals surface area contributed by atoms with Crippen LogP contribution in [0.25, 0.3) is 0 Å². The van der Waals surface area contributed by atoms with Gasteiger partial charge in [-0.1, -0.05) is 28.1 Å². The molecule has 3 N–H and O–H groups in total. The number of carbonyl (C=O) groups excluding carboxylic acids is 1. The van der Waals surface area contributed by atoms with E-state index in [9.17, 15) is 4.79 Å². The van der Waals surface area contributed by atoms with Gasteiger partial charge in [0.25, 0.3) is 5.91 Å². The van der Waals surface area contributed by atoms with Crippen LogP contribution in [0.1, 0.15) is 46.4 Å². The normalized spacial score (nSPS) is 22.6. The van der Waals surface area contributed by atoms with Crippen LogP contribution in [0.3, 0.4) is 0 Å². The molecule has 0 spiro atoms. The van der Waals surface area contributed by atoms with Gasteiger partial charge in [-0.05, 0) is 37.1 Å². The molecule has 3 heterocycles. The van der Waals surface area contributed by atoms with Gasteiger partial charge in [0.1, 0.15) is 17.7 Å². The zero-order valence-corrected chi connectivity index (χ0v) is 16.2. The fourth-order valence-electron chi connectivity index (χ4n) is 3.53. The minimum Gasteiger partial charge on any atom is -0.353 e. The molecule has 0 saturated heterocycles. The first-order valence-corrected chi connectivity index (χ1v) is 9.96. The highest BCUT2D eigenvalue weighted by Crippen LogP contribution is 2.39. The first-order chi connectivity index (χ1) is 11.5. The molecule has 126 valence electrons. The lowest BCUT2D eigenvalue weighted by Crippen LogP contribution is -3.14. The van der Waals surface area contributed by atoms with Gasteiger partial charge in [0.2, 0.25) is 0 Å². The van der Waals surface area contributed by atoms with Crippen molar-refractivity contribution < 1.29 is 9.69 Å². The summed E-state index contributed by atoms with van der Waals surface area (Å²) in [5, 5.41) is 7.67. The third kappa shape index (κ3) is 2.76. The number of hydrogen-bond donors (Lipinski definition) is 3. The van der Waals surface area contributed by atoms with Gasteiger partial charge in [0, 0.05) is 10.9 Å². The standard InChI is InChI=1S/C18H20BrN3OS/c1-10(2)22-8-7-13-14(9-22)24-18-15(13)17(23)20-16(21-18)11-3-5-12(19)6-4-11/h3-6,10,16,21H,7-9H2,1-2H3,(H,20,23)/p+1/t16-/m1/s1. The molecular formula is C18H21BrN3OS+. The molecule has 1 unspecified atom stereocenters. The minimum absolute atomic E-state index is 0.0576. The van der Waals surface area contributed by atoms with Gasteiger partial charge in [0.15, 0.2) is 0 Å². The zero-order chi connectivity index (χ0) is 16.8. The number of carbonyl (C=O) groups is 1. The van der Waals surface area contributed by atoms with Crippen molar-refractivity contribution in [2.45, 2.75) is 39.0 Å². The maximum atomic E-state index is 12.7. The lowest BCUT2D eigenvalue weighted by atomic mass is 9.99. The Labute approximate surface area is 154 Å². The molecule has 0 fully saturated rings. The summed E-state index contributed by atoms with van der Waals surface area (Å²) in [5.41, 5.74) is 3.21. The van der Waals surface area contributed by atoms with E-state index >= 15 is 0 Å². The summed E-state index contributed by atoms with van der Waals surface area (Å²) < 4.78 is 1.04. The fourth-order valence-corrected chi connectivity index (χ4v) is 5.12. The van der Waals surface area contributed by atoms with Crippen molar-refractivity contribution in [3.8, 4) is 0 Å². The van der Waals surface area contributed by atoms with Crippen LogP contribution in [0, 0.1) is 0 Å². The number of amides is 1. The minimum atomic E-state index is -0.160. The molecule has 0 bridgehead atoms. The van der Waals surface area contributed by atoms with Gasteiger partial charge >= 0.3 is 0 Å². The van der Waals surface area contributed by atoms with Crippen LogP contribution in [-0.2, 0) is 13.0 Å². The third-order valence-corrected chi connectivity index (χ3v) is 6.66. The van der Waals surface area contributed by atoms with Gasteiger partial charge in [-0.3, -0.25) is 4.79 Å². The summed E-state index contributed by atoms with van der Waals surface area (Å²) in [7, 11) is 0. The van der Waals surface area contributed by atoms with Crippen molar-refractivity contribution >= 4 is 38.2 Å². The maximum Gasteiger partial charge on any atom is 0.256 e. The van der Waals surface area contributed by atoms with Crippen LogP contribution in [0.4, 0.5) is 5.00 Å². The average Bonchev–Trinajstić information content (AvgIpc) is 2.93. The van der Waals surface area contributed by atoms with Gasteiger partial charge in [0.05, 0.1) is 23.0 Å². The van der Waals surface area contributed by atoms with Crippen molar-refractivity contribution in [3.63, 3.8) is 0 Å². The van der Waals surface area contributed by atoms with Crippen LogP contribution in [-0.4, -0.2) is 18.5 Å². The van der Waals surface area contributed by atoms with Crippen molar-refractivity contribution in [1.29, 1.82) is 0 Å². The molecule has 1 amide bonds. The fraction of sp³-hybridized carbons (Fsp3) is 0.389. The molecule has 4 nitrogen and oxygen atoms in total. The largest absolute Gasteiger partial charge is 0.353 e. The van der Waals surface area contributed by atoms with E-state index < -0.39 is 0 Å². The van der Waals surface area contributed by atoms with Gasteiger partial charge < -0.3 is 15.5 Å². The van der Waals surface area contributed by atoms with Crippen LogP contribution in [0.15, 0.2) is 28.7 Å². The predicted octanol–water partition coefficient (Wildman–Crippen LogP) is 2.71. The number of fused-ring (bicyclic) bond motifs is 3. The second-order valence-corrected chi connectivity index (χ2v) is 8.82. The first kappa shape index (κ1) is 16.1. The Bertz CT molecular complexity index is 784. The second kappa shape index (κ2) is 6.17. The number of anilines is 1. The van der Waals surface area contributed by atoms with Crippen molar-refractivity contribution in [2.24, 2.45) is 0 Å². The molecular weight excluding hydrogens is 386 g/mol. The van der Waals surface area contributed by atoms with Crippen molar-refractivity contribution in [3.05, 3.63) is 50.3 Å². The molecule has 0 saturated carbocycles. The van der Waals surface area contributed by atoms with Crippen LogP contribution in [0.5, 0.6) is 0 Å². The molecule has 4 rings (SSSR count). The number of hydrogen-bond acceptors (Lipinski definition) is 3. The van der Waals surface area contributed by atoms with Gasteiger partial charge in [-0.25, -0.2) is 0 Å². The van der Waals surface area contributed by atoms with Gasteiger partial charge in [-0.15, -0.1) is 11.3 Å². The molecule has 2 atom stereocenters. The molecule has 0 radical (unpaired) electrons. The molecule has 6 heteroatoms. The average molecular weight is 407 g/mol. The quantitative estimate of drug-likeness (QED) is 0.717. The number of benzene rings is 1. The summed E-state index contributed by atoms with van der Waals surface area (Å²) in [5.74, 6) is 0.0576. The van der Waals surface area contributed by atoms with E-state index in [0.29, 0.717) is 6.04 Å². The van der Waals surface area contributed by atoms with E-state index in [0.717, 1.165) is 40.1 Å². The van der Waals surface area contributed by atoms with Crippen molar-refractivity contribution in [2.75, 3.05) is 11.9 Å². The van der Waals surface area contributed by atoms with E-state index in [1.165, 1.54) is 10.4 Å².